The summed E-state index contributed by atoms with van der Waals surface area (Å²) in [4.78, 5) is 29.3. The van der Waals surface area contributed by atoms with Crippen molar-refractivity contribution in [1.82, 2.24) is 9.80 Å². The number of fused-ring (bicyclic) bond motifs is 1. The summed E-state index contributed by atoms with van der Waals surface area (Å²) in [6.07, 6.45) is 0.698. The molecule has 6 nitrogen and oxygen atoms in total. The quantitative estimate of drug-likeness (QED) is 0.684. The Kier molecular flexibility index (Phi) is 5.19. The van der Waals surface area contributed by atoms with Crippen molar-refractivity contribution in [2.75, 3.05) is 26.2 Å². The summed E-state index contributed by atoms with van der Waals surface area (Å²) in [6, 6.07) is 8.70. The van der Waals surface area contributed by atoms with Gasteiger partial charge in [0.1, 0.15) is 11.3 Å². The number of phenolic OH excluding ortho intramolecular Hbond substituents is 1. The second-order valence-corrected chi connectivity index (χ2v) is 7.91. The summed E-state index contributed by atoms with van der Waals surface area (Å²) in [5.74, 6) is 0.236. The first-order chi connectivity index (χ1) is 13.5. The standard InChI is InChI=1S/C21H22N2O4S/c1-2-14-10-16-15(11-20(25)27-18(16)12-17(14)24)13-22-5-7-23(8-6-22)21(26)19-4-3-9-28-19/h3-4,9-12,24H,2,5-8,13H2,1H3. The largest absolute Gasteiger partial charge is 0.508 e. The molecule has 7 heteroatoms. The zero-order valence-corrected chi connectivity index (χ0v) is 16.5. The first-order valence-electron chi connectivity index (χ1n) is 9.39. The van der Waals surface area contributed by atoms with Crippen LogP contribution >= 0.6 is 11.3 Å². The van der Waals surface area contributed by atoms with Crippen LogP contribution in [-0.4, -0.2) is 47.0 Å². The average molecular weight is 398 g/mol. The molecule has 0 bridgehead atoms. The lowest BCUT2D eigenvalue weighted by molar-refractivity contribution is 0.0633. The van der Waals surface area contributed by atoms with Crippen LogP contribution in [0.25, 0.3) is 11.0 Å². The molecule has 1 aliphatic heterocycles. The van der Waals surface area contributed by atoms with Crippen molar-refractivity contribution in [3.05, 3.63) is 62.1 Å². The molecular formula is C21H22N2O4S. The van der Waals surface area contributed by atoms with Crippen molar-refractivity contribution >= 4 is 28.2 Å². The fraction of sp³-hybridized carbons (Fsp3) is 0.333. The van der Waals surface area contributed by atoms with Gasteiger partial charge in [-0.05, 0) is 35.1 Å². The van der Waals surface area contributed by atoms with Crippen molar-refractivity contribution in [3.8, 4) is 5.75 Å². The fourth-order valence-corrected chi connectivity index (χ4v) is 4.32. The first kappa shape index (κ1) is 18.7. The molecule has 3 aromatic rings. The van der Waals surface area contributed by atoms with Crippen LogP contribution in [0.1, 0.15) is 27.7 Å². The van der Waals surface area contributed by atoms with E-state index in [9.17, 15) is 14.7 Å². The Morgan fingerprint density at radius 1 is 1.18 bits per heavy atom. The number of aryl methyl sites for hydroxylation is 1. The number of piperazine rings is 1. The Balaban J connectivity index is 1.51. The van der Waals surface area contributed by atoms with E-state index in [2.05, 4.69) is 4.90 Å². The van der Waals surface area contributed by atoms with Gasteiger partial charge in [-0.1, -0.05) is 13.0 Å². The molecular weight excluding hydrogens is 376 g/mol. The Morgan fingerprint density at radius 3 is 2.64 bits per heavy atom. The van der Waals surface area contributed by atoms with E-state index in [1.807, 2.05) is 35.4 Å². The summed E-state index contributed by atoms with van der Waals surface area (Å²) in [7, 11) is 0. The van der Waals surface area contributed by atoms with Crippen LogP contribution in [0, 0.1) is 0 Å². The molecule has 3 heterocycles. The lowest BCUT2D eigenvalue weighted by atomic mass is 10.0. The van der Waals surface area contributed by atoms with Crippen LogP contribution < -0.4 is 5.63 Å². The van der Waals surface area contributed by atoms with Gasteiger partial charge in [0, 0.05) is 50.2 Å². The number of thiophene rings is 1. The zero-order valence-electron chi connectivity index (χ0n) is 15.7. The third-order valence-corrected chi connectivity index (χ3v) is 6.05. The second kappa shape index (κ2) is 7.77. The minimum Gasteiger partial charge on any atom is -0.508 e. The summed E-state index contributed by atoms with van der Waals surface area (Å²) >= 11 is 1.47. The van der Waals surface area contributed by atoms with Crippen LogP contribution in [0.3, 0.4) is 0 Å². The highest BCUT2D eigenvalue weighted by atomic mass is 32.1. The average Bonchev–Trinajstić information content (AvgIpc) is 3.22. The van der Waals surface area contributed by atoms with E-state index in [0.717, 1.165) is 34.5 Å². The first-order valence-corrected chi connectivity index (χ1v) is 10.3. The van der Waals surface area contributed by atoms with Gasteiger partial charge in [0.15, 0.2) is 0 Å². The van der Waals surface area contributed by atoms with Crippen molar-refractivity contribution < 1.29 is 14.3 Å². The minimum absolute atomic E-state index is 0.0866. The Hall–Kier alpha value is -2.64. The van der Waals surface area contributed by atoms with E-state index in [0.29, 0.717) is 31.6 Å². The molecule has 28 heavy (non-hydrogen) atoms. The Labute approximate surface area is 166 Å². The molecule has 0 atom stereocenters. The van der Waals surface area contributed by atoms with E-state index in [4.69, 9.17) is 4.42 Å². The molecule has 1 aliphatic rings. The third kappa shape index (κ3) is 3.68. The zero-order chi connectivity index (χ0) is 19.7. The number of amides is 1. The summed E-state index contributed by atoms with van der Waals surface area (Å²) < 4.78 is 5.28. The van der Waals surface area contributed by atoms with Crippen molar-refractivity contribution in [1.29, 1.82) is 0 Å². The highest BCUT2D eigenvalue weighted by molar-refractivity contribution is 7.12. The van der Waals surface area contributed by atoms with Gasteiger partial charge in [-0.25, -0.2) is 4.79 Å². The molecule has 146 valence electrons. The highest BCUT2D eigenvalue weighted by Gasteiger charge is 2.23. The third-order valence-electron chi connectivity index (χ3n) is 5.20. The molecule has 1 N–H and O–H groups in total. The van der Waals surface area contributed by atoms with E-state index in [-0.39, 0.29) is 11.7 Å². The van der Waals surface area contributed by atoms with Gasteiger partial charge in [0.2, 0.25) is 0 Å². The Bertz CT molecular complexity index is 1050. The van der Waals surface area contributed by atoms with E-state index >= 15 is 0 Å². The summed E-state index contributed by atoms with van der Waals surface area (Å²) in [5, 5.41) is 12.8. The molecule has 0 aliphatic carbocycles. The number of carbonyl (C=O) groups excluding carboxylic acids is 1. The lowest BCUT2D eigenvalue weighted by Gasteiger charge is -2.34. The van der Waals surface area contributed by atoms with Crippen LogP contribution in [0.5, 0.6) is 5.75 Å². The molecule has 2 aromatic heterocycles. The van der Waals surface area contributed by atoms with E-state index in [1.54, 1.807) is 0 Å². The van der Waals surface area contributed by atoms with Gasteiger partial charge in [-0.3, -0.25) is 9.69 Å². The highest BCUT2D eigenvalue weighted by Crippen LogP contribution is 2.27. The van der Waals surface area contributed by atoms with Gasteiger partial charge in [-0.15, -0.1) is 11.3 Å². The molecule has 1 aromatic carbocycles. The van der Waals surface area contributed by atoms with E-state index < -0.39 is 5.63 Å². The predicted octanol–water partition coefficient (Wildman–Crippen LogP) is 3.08. The number of rotatable bonds is 4. The van der Waals surface area contributed by atoms with Crippen molar-refractivity contribution in [3.63, 3.8) is 0 Å². The minimum atomic E-state index is -0.419. The number of carbonyl (C=O) groups is 1. The summed E-state index contributed by atoms with van der Waals surface area (Å²) in [6.45, 7) is 5.41. The molecule has 1 saturated heterocycles. The second-order valence-electron chi connectivity index (χ2n) is 6.97. The number of hydrogen-bond donors (Lipinski definition) is 1. The maximum Gasteiger partial charge on any atom is 0.336 e. The Morgan fingerprint density at radius 2 is 1.96 bits per heavy atom. The van der Waals surface area contributed by atoms with Gasteiger partial charge < -0.3 is 14.4 Å². The fourth-order valence-electron chi connectivity index (χ4n) is 3.63. The monoisotopic (exact) mass is 398 g/mol. The summed E-state index contributed by atoms with van der Waals surface area (Å²) in [5.41, 5.74) is 1.70. The van der Waals surface area contributed by atoms with Crippen LogP contribution in [0.2, 0.25) is 0 Å². The number of aromatic hydroxyl groups is 1. The molecule has 1 amide bonds. The van der Waals surface area contributed by atoms with Gasteiger partial charge in [0.05, 0.1) is 4.88 Å². The van der Waals surface area contributed by atoms with Crippen LogP contribution in [0.4, 0.5) is 0 Å². The van der Waals surface area contributed by atoms with E-state index in [1.165, 1.54) is 23.5 Å². The SMILES string of the molecule is CCc1cc2c(CN3CCN(C(=O)c4cccs4)CC3)cc(=O)oc2cc1O. The number of hydrogen-bond acceptors (Lipinski definition) is 6. The smallest absolute Gasteiger partial charge is 0.336 e. The van der Waals surface area contributed by atoms with Crippen molar-refractivity contribution in [2.24, 2.45) is 0 Å². The lowest BCUT2D eigenvalue weighted by Crippen LogP contribution is -2.48. The number of phenols is 1. The molecule has 0 unspecified atom stereocenters. The maximum absolute atomic E-state index is 12.5. The van der Waals surface area contributed by atoms with Crippen LogP contribution in [-0.2, 0) is 13.0 Å². The molecule has 0 spiro atoms. The van der Waals surface area contributed by atoms with Crippen molar-refractivity contribution in [2.45, 2.75) is 19.9 Å². The van der Waals surface area contributed by atoms with Gasteiger partial charge in [-0.2, -0.15) is 0 Å². The normalized spacial score (nSPS) is 15.2. The molecule has 0 radical (unpaired) electrons. The van der Waals surface area contributed by atoms with Crippen LogP contribution in [0.15, 0.2) is 44.9 Å². The maximum atomic E-state index is 12.5. The molecule has 1 fully saturated rings. The number of nitrogens with zero attached hydrogens (tertiary/aromatic N) is 2. The predicted molar refractivity (Wildman–Crippen MR) is 109 cm³/mol. The van der Waals surface area contributed by atoms with Gasteiger partial charge in [0.25, 0.3) is 5.91 Å². The topological polar surface area (TPSA) is 74.0 Å². The molecule has 0 saturated carbocycles. The molecule has 4 rings (SSSR count). The number of benzene rings is 1. The van der Waals surface area contributed by atoms with Gasteiger partial charge >= 0.3 is 5.63 Å².